The summed E-state index contributed by atoms with van der Waals surface area (Å²) < 4.78 is 3.98. The number of ketones is 2. The van der Waals surface area contributed by atoms with Crippen LogP contribution in [0.2, 0.25) is 0 Å². The molecule has 0 aliphatic carbocycles. The zero-order valence-corrected chi connectivity index (χ0v) is 10.0. The Balaban J connectivity index is 0.000000111. The van der Waals surface area contributed by atoms with Gasteiger partial charge in [0.1, 0.15) is 0 Å². The lowest BCUT2D eigenvalue weighted by molar-refractivity contribution is 0.0986. The van der Waals surface area contributed by atoms with E-state index in [1.807, 2.05) is 45.8 Å². The fourth-order valence-corrected chi connectivity index (χ4v) is 2.42. The summed E-state index contributed by atoms with van der Waals surface area (Å²) in [5.41, 5.74) is 1.74. The highest BCUT2D eigenvalue weighted by atomic mass is 16.1. The molecule has 0 saturated heterocycles. The lowest BCUT2D eigenvalue weighted by atomic mass is 10.3. The highest BCUT2D eigenvalue weighted by molar-refractivity contribution is 5.96. The Labute approximate surface area is 105 Å². The van der Waals surface area contributed by atoms with Crippen LogP contribution in [-0.4, -0.2) is 20.7 Å². The van der Waals surface area contributed by atoms with E-state index >= 15 is 0 Å². The van der Waals surface area contributed by atoms with Gasteiger partial charge >= 0.3 is 0 Å². The van der Waals surface area contributed by atoms with Gasteiger partial charge < -0.3 is 9.13 Å². The minimum atomic E-state index is 0.278. The van der Waals surface area contributed by atoms with Crippen molar-refractivity contribution in [3.05, 3.63) is 48.0 Å². The summed E-state index contributed by atoms with van der Waals surface area (Å²) in [5.74, 6) is 0.556. The summed E-state index contributed by atoms with van der Waals surface area (Å²) in [5, 5.41) is 0. The second kappa shape index (κ2) is 4.29. The number of nitrogens with zero attached hydrogens (tertiary/aromatic N) is 2. The lowest BCUT2D eigenvalue weighted by Crippen LogP contribution is -1.89. The van der Waals surface area contributed by atoms with E-state index < -0.39 is 0 Å². The number of carbonyl (C=O) groups excluding carboxylic acids is 2. The molecule has 92 valence electrons. The first-order valence-electron chi connectivity index (χ1n) is 6.12. The van der Waals surface area contributed by atoms with E-state index in [1.165, 1.54) is 0 Å². The van der Waals surface area contributed by atoms with E-state index in [4.69, 9.17) is 0 Å². The minimum absolute atomic E-state index is 0.278. The third kappa shape index (κ3) is 1.79. The van der Waals surface area contributed by atoms with Gasteiger partial charge in [-0.3, -0.25) is 9.59 Å². The van der Waals surface area contributed by atoms with Gasteiger partial charge in [-0.1, -0.05) is 0 Å². The first-order chi connectivity index (χ1) is 8.75. The van der Waals surface area contributed by atoms with Crippen molar-refractivity contribution in [3.8, 4) is 0 Å². The van der Waals surface area contributed by atoms with Crippen LogP contribution in [0, 0.1) is 0 Å². The maximum atomic E-state index is 10.9. The lowest BCUT2D eigenvalue weighted by Gasteiger charge is -1.88. The van der Waals surface area contributed by atoms with Crippen LogP contribution in [0.4, 0.5) is 0 Å². The summed E-state index contributed by atoms with van der Waals surface area (Å²) in [7, 11) is 0. The monoisotopic (exact) mass is 242 g/mol. The molecular weight excluding hydrogens is 228 g/mol. The van der Waals surface area contributed by atoms with Crippen LogP contribution in [0.1, 0.15) is 33.8 Å². The number of hydrogen-bond donors (Lipinski definition) is 0. The summed E-state index contributed by atoms with van der Waals surface area (Å²) >= 11 is 0. The van der Waals surface area contributed by atoms with Gasteiger partial charge in [-0.05, 0) is 24.3 Å². The number of fused-ring (bicyclic) bond motifs is 2. The first kappa shape index (κ1) is 11.0. The van der Waals surface area contributed by atoms with Crippen molar-refractivity contribution >= 4 is 11.6 Å². The standard InChI is InChI=1S/2C7H7NO/c2*9-7-3-5-8-4-1-2-6(7)8/h2*1-2,4H,3,5H2. The number of aromatic nitrogens is 2. The van der Waals surface area contributed by atoms with Crippen molar-refractivity contribution in [2.24, 2.45) is 0 Å². The Morgan fingerprint density at radius 3 is 1.61 bits per heavy atom. The molecule has 4 heterocycles. The van der Waals surface area contributed by atoms with Crippen molar-refractivity contribution in [3.63, 3.8) is 0 Å². The molecule has 0 bridgehead atoms. The molecule has 0 fully saturated rings. The van der Waals surface area contributed by atoms with Crippen LogP contribution < -0.4 is 0 Å². The van der Waals surface area contributed by atoms with E-state index in [0.717, 1.165) is 24.5 Å². The molecule has 0 saturated carbocycles. The molecule has 2 aromatic rings. The molecule has 0 unspecified atom stereocenters. The molecule has 4 heteroatoms. The normalized spacial score (nSPS) is 16.2. The number of carbonyl (C=O) groups is 2. The molecule has 4 rings (SSSR count). The molecule has 0 aromatic carbocycles. The number of aryl methyl sites for hydroxylation is 2. The van der Waals surface area contributed by atoms with Crippen LogP contribution in [0.15, 0.2) is 36.7 Å². The molecule has 2 aliphatic rings. The molecule has 0 amide bonds. The third-order valence-electron chi connectivity index (χ3n) is 3.39. The van der Waals surface area contributed by atoms with Crippen molar-refractivity contribution < 1.29 is 9.59 Å². The number of hydrogen-bond acceptors (Lipinski definition) is 2. The summed E-state index contributed by atoms with van der Waals surface area (Å²) in [6.45, 7) is 1.75. The summed E-state index contributed by atoms with van der Waals surface area (Å²) in [6, 6.07) is 7.56. The Kier molecular flexibility index (Phi) is 2.63. The minimum Gasteiger partial charge on any atom is -0.345 e. The van der Waals surface area contributed by atoms with Crippen molar-refractivity contribution in [1.29, 1.82) is 0 Å². The quantitative estimate of drug-likeness (QED) is 0.710. The second-order valence-electron chi connectivity index (χ2n) is 4.52. The molecule has 0 radical (unpaired) electrons. The van der Waals surface area contributed by atoms with Crippen molar-refractivity contribution in [1.82, 2.24) is 9.13 Å². The molecule has 0 atom stereocenters. The molecule has 2 aliphatic heterocycles. The van der Waals surface area contributed by atoms with Crippen molar-refractivity contribution in [2.45, 2.75) is 25.9 Å². The molecule has 4 nitrogen and oxygen atoms in total. The maximum absolute atomic E-state index is 10.9. The smallest absolute Gasteiger partial charge is 0.180 e. The highest BCUT2D eigenvalue weighted by Crippen LogP contribution is 2.14. The van der Waals surface area contributed by atoms with E-state index in [-0.39, 0.29) is 11.6 Å². The van der Waals surface area contributed by atoms with Gasteiger partial charge in [-0.15, -0.1) is 0 Å². The molecule has 0 N–H and O–H groups in total. The Morgan fingerprint density at radius 2 is 1.22 bits per heavy atom. The second-order valence-corrected chi connectivity index (χ2v) is 4.52. The zero-order chi connectivity index (χ0) is 12.5. The molecule has 0 spiro atoms. The van der Waals surface area contributed by atoms with E-state index in [1.54, 1.807) is 0 Å². The number of rotatable bonds is 0. The van der Waals surface area contributed by atoms with Gasteiger partial charge in [0.05, 0.1) is 11.4 Å². The van der Waals surface area contributed by atoms with E-state index in [2.05, 4.69) is 0 Å². The van der Waals surface area contributed by atoms with Crippen LogP contribution >= 0.6 is 0 Å². The first-order valence-corrected chi connectivity index (χ1v) is 6.12. The van der Waals surface area contributed by atoms with E-state index in [9.17, 15) is 9.59 Å². The van der Waals surface area contributed by atoms with Gasteiger partial charge in [0, 0.05) is 38.3 Å². The third-order valence-corrected chi connectivity index (χ3v) is 3.39. The fourth-order valence-electron chi connectivity index (χ4n) is 2.42. The zero-order valence-electron chi connectivity index (χ0n) is 10.0. The predicted molar refractivity (Wildman–Crippen MR) is 66.8 cm³/mol. The average molecular weight is 242 g/mol. The summed E-state index contributed by atoms with van der Waals surface area (Å²) in [6.07, 6.45) is 5.27. The van der Waals surface area contributed by atoms with Crippen LogP contribution in [0.25, 0.3) is 0 Å². The Bertz CT molecular complexity index is 553. The van der Waals surface area contributed by atoms with Crippen LogP contribution in [-0.2, 0) is 13.1 Å². The van der Waals surface area contributed by atoms with Crippen LogP contribution in [0.3, 0.4) is 0 Å². The topological polar surface area (TPSA) is 44.0 Å². The number of Topliss-reactive ketones (excluding diaryl/α,β-unsaturated/α-hetero) is 2. The molecular formula is C14H14N2O2. The van der Waals surface area contributed by atoms with Crippen molar-refractivity contribution in [2.75, 3.05) is 0 Å². The Morgan fingerprint density at radius 1 is 0.778 bits per heavy atom. The van der Waals surface area contributed by atoms with Crippen LogP contribution in [0.5, 0.6) is 0 Å². The van der Waals surface area contributed by atoms with E-state index in [0.29, 0.717) is 12.8 Å². The molecule has 18 heavy (non-hydrogen) atoms. The predicted octanol–water partition coefficient (Wildman–Crippen LogP) is 2.15. The van der Waals surface area contributed by atoms with Gasteiger partial charge in [-0.2, -0.15) is 0 Å². The average Bonchev–Trinajstić information content (AvgIpc) is 3.06. The van der Waals surface area contributed by atoms with Gasteiger partial charge in [-0.25, -0.2) is 0 Å². The van der Waals surface area contributed by atoms with Gasteiger partial charge in [0.2, 0.25) is 0 Å². The largest absolute Gasteiger partial charge is 0.345 e. The Hall–Kier alpha value is -2.10. The SMILES string of the molecule is O=C1CCn2cccc21.O=C1CCn2cccc21. The fraction of sp³-hybridized carbons (Fsp3) is 0.286. The van der Waals surface area contributed by atoms with Gasteiger partial charge in [0.15, 0.2) is 11.6 Å². The maximum Gasteiger partial charge on any atom is 0.180 e. The summed E-state index contributed by atoms with van der Waals surface area (Å²) in [4.78, 5) is 21.8. The van der Waals surface area contributed by atoms with Gasteiger partial charge in [0.25, 0.3) is 0 Å². The molecule has 2 aromatic heterocycles. The highest BCUT2D eigenvalue weighted by Gasteiger charge is 2.17.